The summed E-state index contributed by atoms with van der Waals surface area (Å²) in [7, 11) is 1.61. The highest BCUT2D eigenvalue weighted by molar-refractivity contribution is 5.94. The number of nitrogens with zero attached hydrogens (tertiary/aromatic N) is 5. The molecule has 1 aliphatic heterocycles. The second-order valence-electron chi connectivity index (χ2n) is 6.78. The lowest BCUT2D eigenvalue weighted by molar-refractivity contribution is 0.0706. The minimum Gasteiger partial charge on any atom is -0.497 e. The van der Waals surface area contributed by atoms with Crippen LogP contribution in [0.1, 0.15) is 40.7 Å². The first kappa shape index (κ1) is 18.1. The van der Waals surface area contributed by atoms with Gasteiger partial charge >= 0.3 is 0 Å². The van der Waals surface area contributed by atoms with Crippen LogP contribution in [0.5, 0.6) is 5.75 Å². The number of benzene rings is 1. The van der Waals surface area contributed by atoms with Gasteiger partial charge in [0.05, 0.1) is 19.0 Å². The van der Waals surface area contributed by atoms with Crippen molar-refractivity contribution in [2.45, 2.75) is 25.7 Å². The number of aromatic nitrogens is 4. The third kappa shape index (κ3) is 3.71. The summed E-state index contributed by atoms with van der Waals surface area (Å²) in [5, 5.41) is 8.28. The molecule has 1 saturated heterocycles. The minimum atomic E-state index is 0.0299. The van der Waals surface area contributed by atoms with Crippen molar-refractivity contribution in [1.82, 2.24) is 25.1 Å². The number of amides is 1. The van der Waals surface area contributed by atoms with Gasteiger partial charge in [-0.1, -0.05) is 0 Å². The van der Waals surface area contributed by atoms with E-state index >= 15 is 0 Å². The van der Waals surface area contributed by atoms with Crippen LogP contribution < -0.4 is 4.74 Å². The van der Waals surface area contributed by atoms with Gasteiger partial charge in [-0.25, -0.2) is 4.98 Å². The van der Waals surface area contributed by atoms with Gasteiger partial charge in [0.2, 0.25) is 5.89 Å². The zero-order chi connectivity index (χ0) is 19.5. The van der Waals surface area contributed by atoms with Gasteiger partial charge in [0.15, 0.2) is 0 Å². The first-order valence-corrected chi connectivity index (χ1v) is 9.20. The number of piperidine rings is 1. The van der Waals surface area contributed by atoms with Crippen LogP contribution >= 0.6 is 0 Å². The standard InChI is InChI=1S/C20H21N5O3/c1-13-11-22-17(12-21-13)19-24-23-18(28-19)14-7-9-25(10-8-14)20(26)15-3-5-16(27-2)6-4-15/h3-6,11-12,14H,7-10H2,1-2H3. The number of methoxy groups -OCH3 is 1. The van der Waals surface area contributed by atoms with Crippen molar-refractivity contribution in [1.29, 1.82) is 0 Å². The maximum atomic E-state index is 12.7. The van der Waals surface area contributed by atoms with E-state index in [1.807, 2.05) is 11.8 Å². The molecule has 8 nitrogen and oxygen atoms in total. The van der Waals surface area contributed by atoms with Gasteiger partial charge in [-0.05, 0) is 44.0 Å². The molecule has 0 radical (unpaired) electrons. The van der Waals surface area contributed by atoms with Gasteiger partial charge in [0, 0.05) is 30.8 Å². The van der Waals surface area contributed by atoms with Crippen LogP contribution in [0.15, 0.2) is 41.1 Å². The Kier molecular flexibility index (Phi) is 5.01. The molecule has 4 rings (SSSR count). The average Bonchev–Trinajstić information content (AvgIpc) is 3.24. The molecule has 0 N–H and O–H groups in total. The van der Waals surface area contributed by atoms with Crippen molar-refractivity contribution in [2.75, 3.05) is 20.2 Å². The normalized spacial score (nSPS) is 14.9. The molecule has 1 aliphatic rings. The molecule has 2 aromatic heterocycles. The van der Waals surface area contributed by atoms with E-state index in [1.54, 1.807) is 43.8 Å². The summed E-state index contributed by atoms with van der Waals surface area (Å²) in [6.45, 7) is 3.17. The number of carbonyl (C=O) groups is 1. The quantitative estimate of drug-likeness (QED) is 0.688. The fraction of sp³-hybridized carbons (Fsp3) is 0.350. The molecule has 0 spiro atoms. The molecule has 8 heteroatoms. The summed E-state index contributed by atoms with van der Waals surface area (Å²) >= 11 is 0. The first-order chi connectivity index (χ1) is 13.6. The van der Waals surface area contributed by atoms with Crippen LogP contribution in [0.25, 0.3) is 11.6 Å². The van der Waals surface area contributed by atoms with Crippen LogP contribution in [0.3, 0.4) is 0 Å². The summed E-state index contributed by atoms with van der Waals surface area (Å²) in [5.74, 6) is 1.87. The zero-order valence-electron chi connectivity index (χ0n) is 15.8. The predicted octanol–water partition coefficient (Wildman–Crippen LogP) is 2.86. The highest BCUT2D eigenvalue weighted by Crippen LogP contribution is 2.29. The van der Waals surface area contributed by atoms with Gasteiger partial charge in [-0.15, -0.1) is 10.2 Å². The average molecular weight is 379 g/mol. The lowest BCUT2D eigenvalue weighted by atomic mass is 9.96. The van der Waals surface area contributed by atoms with Gasteiger partial charge in [0.25, 0.3) is 11.8 Å². The van der Waals surface area contributed by atoms with E-state index in [2.05, 4.69) is 20.2 Å². The number of rotatable bonds is 4. The molecule has 3 aromatic rings. The molecule has 28 heavy (non-hydrogen) atoms. The Labute approximate surface area is 162 Å². The number of hydrogen-bond donors (Lipinski definition) is 0. The highest BCUT2D eigenvalue weighted by Gasteiger charge is 2.28. The zero-order valence-corrected chi connectivity index (χ0v) is 15.8. The SMILES string of the molecule is COc1ccc(C(=O)N2CCC(c3nnc(-c4cnc(C)cn4)o3)CC2)cc1. The highest BCUT2D eigenvalue weighted by atomic mass is 16.5. The first-order valence-electron chi connectivity index (χ1n) is 9.20. The fourth-order valence-corrected chi connectivity index (χ4v) is 3.25. The van der Waals surface area contributed by atoms with Crippen molar-refractivity contribution >= 4 is 5.91 Å². The Hall–Kier alpha value is -3.29. The Morgan fingerprint density at radius 2 is 1.86 bits per heavy atom. The van der Waals surface area contributed by atoms with Crippen LogP contribution in [0, 0.1) is 6.92 Å². The van der Waals surface area contributed by atoms with Crippen molar-refractivity contribution in [3.05, 3.63) is 53.8 Å². The summed E-state index contributed by atoms with van der Waals surface area (Å²) in [5.41, 5.74) is 2.06. The van der Waals surface area contributed by atoms with E-state index in [9.17, 15) is 4.79 Å². The minimum absolute atomic E-state index is 0.0299. The second kappa shape index (κ2) is 7.75. The monoisotopic (exact) mass is 379 g/mol. The van der Waals surface area contributed by atoms with Crippen LogP contribution in [0.2, 0.25) is 0 Å². The molecular weight excluding hydrogens is 358 g/mol. The molecule has 0 unspecified atom stereocenters. The Bertz CT molecular complexity index is 945. The van der Waals surface area contributed by atoms with E-state index in [0.29, 0.717) is 36.1 Å². The number of hydrogen-bond acceptors (Lipinski definition) is 7. The number of likely N-dealkylation sites (tertiary alicyclic amines) is 1. The van der Waals surface area contributed by atoms with E-state index in [-0.39, 0.29) is 11.8 Å². The Balaban J connectivity index is 1.38. The number of carbonyl (C=O) groups excluding carboxylic acids is 1. The molecule has 0 atom stereocenters. The van der Waals surface area contributed by atoms with E-state index < -0.39 is 0 Å². The second-order valence-corrected chi connectivity index (χ2v) is 6.78. The molecule has 1 fully saturated rings. The topological polar surface area (TPSA) is 94.2 Å². The van der Waals surface area contributed by atoms with Crippen molar-refractivity contribution in [2.24, 2.45) is 0 Å². The maximum Gasteiger partial charge on any atom is 0.267 e. The molecule has 1 aromatic carbocycles. The third-order valence-corrected chi connectivity index (χ3v) is 4.91. The van der Waals surface area contributed by atoms with E-state index in [1.165, 1.54) is 0 Å². The van der Waals surface area contributed by atoms with Gasteiger partial charge in [-0.2, -0.15) is 0 Å². The maximum absolute atomic E-state index is 12.7. The number of ether oxygens (including phenoxy) is 1. The van der Waals surface area contributed by atoms with Gasteiger partial charge < -0.3 is 14.1 Å². The summed E-state index contributed by atoms with van der Waals surface area (Å²) in [4.78, 5) is 23.0. The molecule has 144 valence electrons. The predicted molar refractivity (Wildman–Crippen MR) is 101 cm³/mol. The molecule has 0 saturated carbocycles. The van der Waals surface area contributed by atoms with Crippen LogP contribution in [-0.2, 0) is 0 Å². The van der Waals surface area contributed by atoms with Crippen LogP contribution in [-0.4, -0.2) is 51.2 Å². The summed E-state index contributed by atoms with van der Waals surface area (Å²) < 4.78 is 11.0. The number of aryl methyl sites for hydroxylation is 1. The van der Waals surface area contributed by atoms with Crippen LogP contribution in [0.4, 0.5) is 0 Å². The fourth-order valence-electron chi connectivity index (χ4n) is 3.25. The summed E-state index contributed by atoms with van der Waals surface area (Å²) in [6.07, 6.45) is 4.86. The molecule has 0 aliphatic carbocycles. The van der Waals surface area contributed by atoms with Crippen molar-refractivity contribution in [3.8, 4) is 17.3 Å². The van der Waals surface area contributed by atoms with Crippen molar-refractivity contribution in [3.63, 3.8) is 0 Å². The van der Waals surface area contributed by atoms with Gasteiger partial charge in [-0.3, -0.25) is 9.78 Å². The smallest absolute Gasteiger partial charge is 0.267 e. The molecular formula is C20H21N5O3. The van der Waals surface area contributed by atoms with E-state index in [0.717, 1.165) is 24.3 Å². The third-order valence-electron chi connectivity index (χ3n) is 4.91. The molecule has 1 amide bonds. The molecule has 3 heterocycles. The molecule has 0 bridgehead atoms. The summed E-state index contributed by atoms with van der Waals surface area (Å²) in [6, 6.07) is 7.18. The largest absolute Gasteiger partial charge is 0.497 e. The Morgan fingerprint density at radius 3 is 2.50 bits per heavy atom. The lowest BCUT2D eigenvalue weighted by Crippen LogP contribution is -2.38. The van der Waals surface area contributed by atoms with Gasteiger partial charge in [0.1, 0.15) is 11.4 Å². The lowest BCUT2D eigenvalue weighted by Gasteiger charge is -2.30. The van der Waals surface area contributed by atoms with Crippen molar-refractivity contribution < 1.29 is 13.9 Å². The Morgan fingerprint density at radius 1 is 1.11 bits per heavy atom. The van der Waals surface area contributed by atoms with E-state index in [4.69, 9.17) is 9.15 Å².